The molecule has 2 atom stereocenters. The molecule has 0 spiro atoms. The van der Waals surface area contributed by atoms with Crippen molar-refractivity contribution < 1.29 is 14.8 Å². The van der Waals surface area contributed by atoms with Crippen molar-refractivity contribution in [3.05, 3.63) is 0 Å². The van der Waals surface area contributed by atoms with Crippen molar-refractivity contribution in [3.8, 4) is 0 Å². The summed E-state index contributed by atoms with van der Waals surface area (Å²) >= 11 is 0. The first-order valence-electron chi connectivity index (χ1n) is 5.29. The lowest BCUT2D eigenvalue weighted by Gasteiger charge is -1.98. The lowest BCUT2D eigenvalue weighted by Crippen LogP contribution is -2.24. The maximum atomic E-state index is 10.2. The van der Waals surface area contributed by atoms with E-state index in [1.54, 1.807) is 0 Å². The van der Waals surface area contributed by atoms with Crippen molar-refractivity contribution in [1.29, 1.82) is 0 Å². The first-order chi connectivity index (χ1) is 6.99. The Morgan fingerprint density at radius 2 is 1.60 bits per heavy atom. The third-order valence-electron chi connectivity index (χ3n) is 1.67. The van der Waals surface area contributed by atoms with Crippen LogP contribution in [0, 0.1) is 0 Å². The van der Waals surface area contributed by atoms with Crippen molar-refractivity contribution in [2.45, 2.75) is 52.6 Å². The van der Waals surface area contributed by atoms with Gasteiger partial charge >= 0.3 is 0 Å². The second-order valence-electron chi connectivity index (χ2n) is 2.98. The molecule has 1 heterocycles. The maximum absolute atomic E-state index is 10.2. The zero-order valence-corrected chi connectivity index (χ0v) is 11.1. The molecule has 5 heteroatoms. The van der Waals surface area contributed by atoms with Crippen LogP contribution < -0.4 is 0 Å². The molecule has 15 heavy (non-hydrogen) atoms. The minimum absolute atomic E-state index is 0.148. The SMILES string of the molecule is CC.CCC(C)P.O=C1CCC(=O)N1O. The van der Waals surface area contributed by atoms with E-state index in [2.05, 4.69) is 23.1 Å². The van der Waals surface area contributed by atoms with Crippen LogP contribution >= 0.6 is 9.24 Å². The average molecular weight is 235 g/mol. The van der Waals surface area contributed by atoms with Crippen LogP contribution in [0.3, 0.4) is 0 Å². The summed E-state index contributed by atoms with van der Waals surface area (Å²) < 4.78 is 0. The highest BCUT2D eigenvalue weighted by Crippen LogP contribution is 2.07. The Morgan fingerprint density at radius 1 is 1.33 bits per heavy atom. The van der Waals surface area contributed by atoms with Crippen LogP contribution in [0.2, 0.25) is 0 Å². The first kappa shape index (κ1) is 16.9. The van der Waals surface area contributed by atoms with Gasteiger partial charge < -0.3 is 0 Å². The van der Waals surface area contributed by atoms with Gasteiger partial charge in [0.05, 0.1) is 0 Å². The normalized spacial score (nSPS) is 16.3. The molecule has 1 rings (SSSR count). The van der Waals surface area contributed by atoms with E-state index in [0.717, 1.165) is 5.66 Å². The Labute approximate surface area is 94.2 Å². The number of carbonyl (C=O) groups excluding carboxylic acids is 2. The van der Waals surface area contributed by atoms with Crippen molar-refractivity contribution in [2.24, 2.45) is 0 Å². The molecule has 1 fully saturated rings. The molecule has 1 aliphatic heterocycles. The second-order valence-corrected chi connectivity index (χ2v) is 4.12. The highest BCUT2D eigenvalue weighted by Gasteiger charge is 2.26. The summed E-state index contributed by atoms with van der Waals surface area (Å²) in [7, 11) is 2.73. The summed E-state index contributed by atoms with van der Waals surface area (Å²) in [6.45, 7) is 8.36. The van der Waals surface area contributed by atoms with Gasteiger partial charge in [-0.2, -0.15) is 5.06 Å². The molecule has 0 aromatic rings. The lowest BCUT2D eigenvalue weighted by molar-refractivity contribution is -0.171. The molecule has 2 amide bonds. The highest BCUT2D eigenvalue weighted by atomic mass is 31.0. The lowest BCUT2D eigenvalue weighted by atomic mass is 10.4. The number of rotatable bonds is 1. The fraction of sp³-hybridized carbons (Fsp3) is 0.800. The Morgan fingerprint density at radius 3 is 1.67 bits per heavy atom. The Balaban J connectivity index is 0. The van der Waals surface area contributed by atoms with Crippen LogP contribution in [0.25, 0.3) is 0 Å². The van der Waals surface area contributed by atoms with E-state index in [1.165, 1.54) is 6.42 Å². The Hall–Kier alpha value is -0.470. The summed E-state index contributed by atoms with van der Waals surface area (Å²) in [5.41, 5.74) is 0.801. The van der Waals surface area contributed by atoms with Crippen LogP contribution in [-0.4, -0.2) is 27.7 Å². The van der Waals surface area contributed by atoms with Gasteiger partial charge in [0.25, 0.3) is 11.8 Å². The molecule has 90 valence electrons. The van der Waals surface area contributed by atoms with Gasteiger partial charge in [0.1, 0.15) is 0 Å². The van der Waals surface area contributed by atoms with E-state index in [1.807, 2.05) is 13.8 Å². The van der Waals surface area contributed by atoms with E-state index in [9.17, 15) is 9.59 Å². The van der Waals surface area contributed by atoms with E-state index in [4.69, 9.17) is 5.21 Å². The fourth-order valence-corrected chi connectivity index (χ4v) is 0.565. The van der Waals surface area contributed by atoms with Gasteiger partial charge in [-0.3, -0.25) is 14.8 Å². The third kappa shape index (κ3) is 8.52. The summed E-state index contributed by atoms with van der Waals surface area (Å²) in [4.78, 5) is 20.5. The Kier molecular flexibility index (Phi) is 11.4. The number of carbonyl (C=O) groups is 2. The van der Waals surface area contributed by atoms with Gasteiger partial charge in [0.2, 0.25) is 0 Å². The van der Waals surface area contributed by atoms with Gasteiger partial charge in [-0.05, 0) is 5.66 Å². The van der Waals surface area contributed by atoms with E-state index in [0.29, 0.717) is 0 Å². The first-order valence-corrected chi connectivity index (χ1v) is 5.96. The topological polar surface area (TPSA) is 57.6 Å². The molecule has 0 aromatic heterocycles. The van der Waals surface area contributed by atoms with Crippen LogP contribution in [0.5, 0.6) is 0 Å². The number of nitrogens with zero attached hydrogens (tertiary/aromatic N) is 1. The molecule has 0 radical (unpaired) electrons. The number of amides is 2. The standard InChI is InChI=1S/C4H5NO3.C4H11P.C2H6/c6-3-1-2-4(7)5(3)8;1-3-4(2)5;1-2/h8H,1-2H2;4H,3,5H2,1-2H3;1-2H3. The molecule has 0 aliphatic carbocycles. The molecule has 4 nitrogen and oxygen atoms in total. The molecular weight excluding hydrogens is 213 g/mol. The summed E-state index contributed by atoms with van der Waals surface area (Å²) in [5.74, 6) is -1.01. The zero-order valence-electron chi connectivity index (χ0n) is 9.99. The van der Waals surface area contributed by atoms with Crippen molar-refractivity contribution in [3.63, 3.8) is 0 Å². The van der Waals surface area contributed by atoms with Crippen LogP contribution in [0.15, 0.2) is 0 Å². The molecule has 1 N–H and O–H groups in total. The van der Waals surface area contributed by atoms with Gasteiger partial charge in [-0.1, -0.05) is 34.1 Å². The van der Waals surface area contributed by atoms with Crippen LogP contribution in [-0.2, 0) is 9.59 Å². The number of imide groups is 1. The summed E-state index contributed by atoms with van der Waals surface area (Å²) in [6, 6.07) is 0. The summed E-state index contributed by atoms with van der Waals surface area (Å²) in [5, 5.41) is 8.57. The number of hydrogen-bond acceptors (Lipinski definition) is 3. The quantitative estimate of drug-likeness (QED) is 0.430. The van der Waals surface area contributed by atoms with E-state index < -0.39 is 11.8 Å². The molecule has 0 bridgehead atoms. The van der Waals surface area contributed by atoms with Gasteiger partial charge in [0.15, 0.2) is 0 Å². The molecule has 1 aliphatic rings. The fourth-order valence-electron chi connectivity index (χ4n) is 0.565. The second kappa shape index (κ2) is 10.1. The predicted octanol–water partition coefficient (Wildman–Crippen LogP) is 2.21. The molecule has 1 saturated heterocycles. The van der Waals surface area contributed by atoms with E-state index >= 15 is 0 Å². The maximum Gasteiger partial charge on any atom is 0.253 e. The zero-order chi connectivity index (χ0) is 12.4. The summed E-state index contributed by atoms with van der Waals surface area (Å²) in [6.07, 6.45) is 1.56. The van der Waals surface area contributed by atoms with Crippen molar-refractivity contribution >= 4 is 21.1 Å². The monoisotopic (exact) mass is 235 g/mol. The van der Waals surface area contributed by atoms with Gasteiger partial charge in [-0.15, -0.1) is 9.24 Å². The minimum atomic E-state index is -0.505. The largest absolute Gasteiger partial charge is 0.279 e. The van der Waals surface area contributed by atoms with Gasteiger partial charge in [-0.25, -0.2) is 0 Å². The average Bonchev–Trinajstić information content (AvgIpc) is 2.53. The molecule has 0 aromatic carbocycles. The van der Waals surface area contributed by atoms with Crippen molar-refractivity contribution in [2.75, 3.05) is 0 Å². The van der Waals surface area contributed by atoms with Crippen molar-refractivity contribution in [1.82, 2.24) is 5.06 Å². The minimum Gasteiger partial charge on any atom is -0.279 e. The molecule has 0 saturated carbocycles. The smallest absolute Gasteiger partial charge is 0.253 e. The highest BCUT2D eigenvalue weighted by molar-refractivity contribution is 7.17. The van der Waals surface area contributed by atoms with Gasteiger partial charge in [0, 0.05) is 12.8 Å². The Bertz CT molecular complexity index is 179. The number of hydrogen-bond donors (Lipinski definition) is 1. The predicted molar refractivity (Wildman–Crippen MR) is 63.7 cm³/mol. The number of hydroxylamine groups is 2. The van der Waals surface area contributed by atoms with E-state index in [-0.39, 0.29) is 17.9 Å². The van der Waals surface area contributed by atoms with Crippen LogP contribution in [0.4, 0.5) is 0 Å². The molecule has 2 unspecified atom stereocenters. The third-order valence-corrected chi connectivity index (χ3v) is 2.14. The molecular formula is C10H22NO3P. The van der Waals surface area contributed by atoms with Crippen LogP contribution in [0.1, 0.15) is 47.0 Å².